The van der Waals surface area contributed by atoms with Crippen molar-refractivity contribution in [2.75, 3.05) is 19.6 Å². The first-order valence-electron chi connectivity index (χ1n) is 10.1. The zero-order valence-electron chi connectivity index (χ0n) is 17.0. The van der Waals surface area contributed by atoms with Crippen molar-refractivity contribution in [3.63, 3.8) is 0 Å². The summed E-state index contributed by atoms with van der Waals surface area (Å²) >= 11 is 1.71. The van der Waals surface area contributed by atoms with E-state index in [4.69, 9.17) is 0 Å². The second-order valence-electron chi connectivity index (χ2n) is 8.11. The predicted octanol–water partition coefficient (Wildman–Crippen LogP) is 4.36. The molecule has 28 heavy (non-hydrogen) atoms. The Labute approximate surface area is 172 Å². The van der Waals surface area contributed by atoms with E-state index < -0.39 is 5.41 Å². The highest BCUT2D eigenvalue weighted by atomic mass is 32.1. The van der Waals surface area contributed by atoms with Crippen LogP contribution in [0.15, 0.2) is 41.8 Å². The first-order valence-corrected chi connectivity index (χ1v) is 11.0. The monoisotopic (exact) mass is 398 g/mol. The molecule has 2 heterocycles. The van der Waals surface area contributed by atoms with Crippen molar-refractivity contribution in [2.24, 2.45) is 11.3 Å². The molecular weight excluding hydrogens is 368 g/mol. The molecule has 3 rings (SSSR count). The maximum absolute atomic E-state index is 13.1. The molecule has 1 fully saturated rings. The van der Waals surface area contributed by atoms with E-state index in [9.17, 15) is 9.59 Å². The van der Waals surface area contributed by atoms with Crippen LogP contribution >= 0.6 is 11.3 Å². The first kappa shape index (κ1) is 20.6. The lowest BCUT2D eigenvalue weighted by molar-refractivity contribution is -0.133. The Kier molecular flexibility index (Phi) is 6.55. The van der Waals surface area contributed by atoms with Crippen LogP contribution in [0.4, 0.5) is 0 Å². The maximum atomic E-state index is 13.1. The summed E-state index contributed by atoms with van der Waals surface area (Å²) in [6, 6.07) is 12.5. The molecule has 2 aromatic rings. The Balaban J connectivity index is 1.89. The second-order valence-corrected chi connectivity index (χ2v) is 9.06. The van der Waals surface area contributed by atoms with E-state index in [2.05, 4.69) is 48.8 Å². The fourth-order valence-corrected chi connectivity index (χ4v) is 4.82. The van der Waals surface area contributed by atoms with E-state index >= 15 is 0 Å². The van der Waals surface area contributed by atoms with Crippen molar-refractivity contribution in [3.8, 4) is 10.4 Å². The smallest absolute Gasteiger partial charge is 0.228 e. The van der Waals surface area contributed by atoms with E-state index in [-0.39, 0.29) is 11.8 Å². The summed E-state index contributed by atoms with van der Waals surface area (Å²) in [4.78, 5) is 28.8. The van der Waals surface area contributed by atoms with Crippen molar-refractivity contribution >= 4 is 23.2 Å². The van der Waals surface area contributed by atoms with Gasteiger partial charge >= 0.3 is 0 Å². The van der Waals surface area contributed by atoms with Gasteiger partial charge in [0.05, 0.1) is 5.41 Å². The molecule has 0 bridgehead atoms. The molecule has 5 heteroatoms. The standard InChI is InChI=1S/C23H30N2O2S/c1-4-24-22(27)23(11-12-25(16-23)21(26)14-17(2)3)15-18-8-5-6-9-19(18)20-10-7-13-28-20/h5-10,13,17H,4,11-12,14-16H2,1-3H3,(H,24,27). The minimum atomic E-state index is -0.560. The molecule has 0 spiro atoms. The lowest BCUT2D eigenvalue weighted by atomic mass is 9.78. The first-order chi connectivity index (χ1) is 13.4. The normalized spacial score (nSPS) is 19.2. The van der Waals surface area contributed by atoms with Gasteiger partial charge in [-0.1, -0.05) is 44.2 Å². The van der Waals surface area contributed by atoms with Crippen molar-refractivity contribution in [3.05, 3.63) is 47.3 Å². The molecule has 1 atom stereocenters. The molecule has 1 aliphatic heterocycles. The van der Waals surface area contributed by atoms with Gasteiger partial charge in [0.2, 0.25) is 11.8 Å². The molecule has 1 aliphatic rings. The van der Waals surface area contributed by atoms with Crippen molar-refractivity contribution in [1.82, 2.24) is 10.2 Å². The Morgan fingerprint density at radius 3 is 2.68 bits per heavy atom. The van der Waals surface area contributed by atoms with Crippen molar-refractivity contribution in [2.45, 2.75) is 40.0 Å². The highest BCUT2D eigenvalue weighted by molar-refractivity contribution is 7.13. The second kappa shape index (κ2) is 8.91. The molecule has 1 saturated heterocycles. The fraction of sp³-hybridized carbons (Fsp3) is 0.478. The largest absolute Gasteiger partial charge is 0.356 e. The summed E-state index contributed by atoms with van der Waals surface area (Å²) in [7, 11) is 0. The predicted molar refractivity (Wildman–Crippen MR) is 115 cm³/mol. The van der Waals surface area contributed by atoms with Crippen LogP contribution in [0, 0.1) is 11.3 Å². The molecule has 4 nitrogen and oxygen atoms in total. The van der Waals surface area contributed by atoms with Gasteiger partial charge in [0.25, 0.3) is 0 Å². The van der Waals surface area contributed by atoms with Crippen LogP contribution in [0.1, 0.15) is 39.2 Å². The molecule has 1 unspecified atom stereocenters. The molecule has 1 aromatic heterocycles. The number of amides is 2. The van der Waals surface area contributed by atoms with E-state index in [0.29, 0.717) is 44.8 Å². The van der Waals surface area contributed by atoms with Gasteiger partial charge in [-0.05, 0) is 48.3 Å². The molecule has 0 aliphatic carbocycles. The Hall–Kier alpha value is -2.14. The summed E-state index contributed by atoms with van der Waals surface area (Å²) in [5.74, 6) is 0.551. The quantitative estimate of drug-likeness (QED) is 0.753. The number of hydrogen-bond acceptors (Lipinski definition) is 3. The third-order valence-corrected chi connectivity index (χ3v) is 6.34. The molecule has 1 N–H and O–H groups in total. The molecule has 0 saturated carbocycles. The van der Waals surface area contributed by atoms with Gasteiger partial charge in [-0.25, -0.2) is 0 Å². The van der Waals surface area contributed by atoms with Gasteiger partial charge in [0, 0.05) is 30.9 Å². The third kappa shape index (κ3) is 4.46. The average Bonchev–Trinajstić information content (AvgIpc) is 3.33. The number of hydrogen-bond donors (Lipinski definition) is 1. The van der Waals surface area contributed by atoms with E-state index in [0.717, 1.165) is 0 Å². The van der Waals surface area contributed by atoms with Crippen LogP contribution in [-0.2, 0) is 16.0 Å². The highest BCUT2D eigenvalue weighted by Crippen LogP contribution is 2.38. The number of thiophene rings is 1. The number of carbonyl (C=O) groups excluding carboxylic acids is 2. The average molecular weight is 399 g/mol. The van der Waals surface area contributed by atoms with Crippen LogP contribution < -0.4 is 5.32 Å². The zero-order chi connectivity index (χ0) is 20.1. The number of nitrogens with zero attached hydrogens (tertiary/aromatic N) is 1. The number of likely N-dealkylation sites (tertiary alicyclic amines) is 1. The molecule has 150 valence electrons. The molecular formula is C23H30N2O2S. The minimum absolute atomic E-state index is 0.0656. The van der Waals surface area contributed by atoms with Crippen LogP contribution in [0.2, 0.25) is 0 Å². The van der Waals surface area contributed by atoms with Crippen LogP contribution in [0.3, 0.4) is 0 Å². The maximum Gasteiger partial charge on any atom is 0.228 e. The van der Waals surface area contributed by atoms with E-state index in [1.807, 2.05) is 24.0 Å². The molecule has 0 radical (unpaired) electrons. The Bertz CT molecular complexity index is 816. The zero-order valence-corrected chi connectivity index (χ0v) is 17.8. The van der Waals surface area contributed by atoms with E-state index in [1.165, 1.54) is 16.0 Å². The number of carbonyl (C=O) groups is 2. The van der Waals surface area contributed by atoms with Gasteiger partial charge in [-0.3, -0.25) is 9.59 Å². The van der Waals surface area contributed by atoms with Gasteiger partial charge in [0.1, 0.15) is 0 Å². The van der Waals surface area contributed by atoms with E-state index in [1.54, 1.807) is 11.3 Å². The van der Waals surface area contributed by atoms with Crippen LogP contribution in [-0.4, -0.2) is 36.3 Å². The summed E-state index contributed by atoms with van der Waals surface area (Å²) in [6.45, 7) is 7.83. The highest BCUT2D eigenvalue weighted by Gasteiger charge is 2.46. The third-order valence-electron chi connectivity index (χ3n) is 5.44. The topological polar surface area (TPSA) is 49.4 Å². The summed E-state index contributed by atoms with van der Waals surface area (Å²) in [6.07, 6.45) is 1.90. The van der Waals surface area contributed by atoms with Crippen molar-refractivity contribution in [1.29, 1.82) is 0 Å². The van der Waals surface area contributed by atoms with Gasteiger partial charge in [-0.2, -0.15) is 0 Å². The molecule has 2 amide bonds. The van der Waals surface area contributed by atoms with Gasteiger partial charge in [0.15, 0.2) is 0 Å². The summed E-state index contributed by atoms with van der Waals surface area (Å²) in [5.41, 5.74) is 1.80. The van der Waals surface area contributed by atoms with Gasteiger partial charge < -0.3 is 10.2 Å². The van der Waals surface area contributed by atoms with Crippen molar-refractivity contribution < 1.29 is 9.59 Å². The Morgan fingerprint density at radius 2 is 2.00 bits per heavy atom. The van der Waals surface area contributed by atoms with Crippen LogP contribution in [0.5, 0.6) is 0 Å². The lowest BCUT2D eigenvalue weighted by Crippen LogP contribution is -2.45. The lowest BCUT2D eigenvalue weighted by Gasteiger charge is -2.29. The SMILES string of the molecule is CCNC(=O)C1(Cc2ccccc2-c2cccs2)CCN(C(=O)CC(C)C)C1. The van der Waals surface area contributed by atoms with Gasteiger partial charge in [-0.15, -0.1) is 11.3 Å². The van der Waals surface area contributed by atoms with Crippen LogP contribution in [0.25, 0.3) is 10.4 Å². The minimum Gasteiger partial charge on any atom is -0.356 e. The number of nitrogens with one attached hydrogen (secondary N) is 1. The summed E-state index contributed by atoms with van der Waals surface area (Å²) in [5, 5.41) is 5.11. The molecule has 1 aromatic carbocycles. The number of benzene rings is 1. The fourth-order valence-electron chi connectivity index (χ4n) is 4.03. The number of rotatable bonds is 7. The Morgan fingerprint density at radius 1 is 1.21 bits per heavy atom. The summed E-state index contributed by atoms with van der Waals surface area (Å²) < 4.78 is 0.